The predicted octanol–water partition coefficient (Wildman–Crippen LogP) is 2.56. The fourth-order valence-electron chi connectivity index (χ4n) is 1.61. The molecule has 0 fully saturated rings. The van der Waals surface area contributed by atoms with Crippen molar-refractivity contribution in [2.75, 3.05) is 6.61 Å². The Labute approximate surface area is 103 Å². The first-order chi connectivity index (χ1) is 8.15. The van der Waals surface area contributed by atoms with Gasteiger partial charge < -0.3 is 9.84 Å². The van der Waals surface area contributed by atoms with E-state index in [1.165, 1.54) is 0 Å². The second-order valence-corrected chi connectivity index (χ2v) is 4.27. The van der Waals surface area contributed by atoms with Gasteiger partial charge in [-0.3, -0.25) is 4.98 Å². The maximum absolute atomic E-state index is 10.2. The van der Waals surface area contributed by atoms with Gasteiger partial charge in [0.25, 0.3) is 0 Å². The molecule has 1 rings (SSSR count). The molecule has 0 saturated carbocycles. The highest BCUT2D eigenvalue weighted by molar-refractivity contribution is 5.13. The molecule has 0 aromatic carbocycles. The zero-order valence-electron chi connectivity index (χ0n) is 10.8. The molecular weight excluding hydrogens is 214 g/mol. The molecule has 0 aliphatic heterocycles. The molecular formula is C14H21NO2. The van der Waals surface area contributed by atoms with Crippen LogP contribution in [0.15, 0.2) is 36.2 Å². The molecule has 0 spiro atoms. The molecule has 0 saturated heterocycles. The molecule has 1 aromatic heterocycles. The molecule has 1 heterocycles. The second kappa shape index (κ2) is 7.07. The van der Waals surface area contributed by atoms with E-state index in [1.54, 1.807) is 12.5 Å². The number of nitrogens with zero attached hydrogens (tertiary/aromatic N) is 1. The van der Waals surface area contributed by atoms with Crippen LogP contribution in [-0.2, 0) is 11.2 Å². The second-order valence-electron chi connectivity index (χ2n) is 4.27. The number of rotatable bonds is 6. The minimum atomic E-state index is -0.531. The predicted molar refractivity (Wildman–Crippen MR) is 68.5 cm³/mol. The van der Waals surface area contributed by atoms with Gasteiger partial charge in [-0.1, -0.05) is 19.9 Å². The Bertz CT molecular complexity index is 346. The molecule has 3 nitrogen and oxygen atoms in total. The van der Waals surface area contributed by atoms with Crippen LogP contribution in [-0.4, -0.2) is 22.8 Å². The van der Waals surface area contributed by atoms with Gasteiger partial charge in [-0.2, -0.15) is 0 Å². The summed E-state index contributed by atoms with van der Waals surface area (Å²) in [7, 11) is 0. The van der Waals surface area contributed by atoms with Crippen molar-refractivity contribution in [1.82, 2.24) is 4.98 Å². The van der Waals surface area contributed by atoms with Gasteiger partial charge in [0.05, 0.1) is 19.0 Å². The van der Waals surface area contributed by atoms with Crippen molar-refractivity contribution in [3.63, 3.8) is 0 Å². The Kier molecular flexibility index (Phi) is 5.70. The van der Waals surface area contributed by atoms with Gasteiger partial charge in [0.15, 0.2) is 0 Å². The summed E-state index contributed by atoms with van der Waals surface area (Å²) in [6, 6.07) is 5.72. The molecule has 94 valence electrons. The topological polar surface area (TPSA) is 42.4 Å². The third-order valence-corrected chi connectivity index (χ3v) is 2.57. The average molecular weight is 235 g/mol. The SMILES string of the molecule is CCO/C=C(\C(C)C)C(O)Cc1ccccn1. The van der Waals surface area contributed by atoms with Crippen molar-refractivity contribution in [1.29, 1.82) is 0 Å². The standard InChI is InChI=1S/C14H21NO2/c1-4-17-10-13(11(2)3)14(16)9-12-7-5-6-8-15-12/h5-8,10-11,14,16H,4,9H2,1-3H3/b13-10+. The molecule has 0 bridgehead atoms. The van der Waals surface area contributed by atoms with Gasteiger partial charge in [0.1, 0.15) is 0 Å². The van der Waals surface area contributed by atoms with Gasteiger partial charge in [-0.25, -0.2) is 0 Å². The van der Waals surface area contributed by atoms with Gasteiger partial charge >= 0.3 is 0 Å². The number of aliphatic hydroxyl groups is 1. The summed E-state index contributed by atoms with van der Waals surface area (Å²) in [6.07, 6.45) is 3.41. The molecule has 1 aromatic rings. The highest BCUT2D eigenvalue weighted by Gasteiger charge is 2.16. The Morgan fingerprint density at radius 3 is 2.76 bits per heavy atom. The van der Waals surface area contributed by atoms with E-state index in [9.17, 15) is 5.11 Å². The van der Waals surface area contributed by atoms with E-state index in [-0.39, 0.29) is 5.92 Å². The normalized spacial score (nSPS) is 13.8. The number of aliphatic hydroxyl groups excluding tert-OH is 1. The highest BCUT2D eigenvalue weighted by atomic mass is 16.5. The van der Waals surface area contributed by atoms with E-state index < -0.39 is 6.10 Å². The Balaban J connectivity index is 2.69. The van der Waals surface area contributed by atoms with E-state index in [0.29, 0.717) is 13.0 Å². The van der Waals surface area contributed by atoms with Crippen molar-refractivity contribution in [3.8, 4) is 0 Å². The zero-order valence-corrected chi connectivity index (χ0v) is 10.8. The minimum absolute atomic E-state index is 0.264. The number of pyridine rings is 1. The summed E-state index contributed by atoms with van der Waals surface area (Å²) in [5.74, 6) is 0.264. The van der Waals surface area contributed by atoms with Gasteiger partial charge in [-0.15, -0.1) is 0 Å². The Hall–Kier alpha value is -1.35. The van der Waals surface area contributed by atoms with Crippen molar-refractivity contribution in [2.45, 2.75) is 33.3 Å². The lowest BCUT2D eigenvalue weighted by molar-refractivity contribution is 0.184. The quantitative estimate of drug-likeness (QED) is 0.770. The smallest absolute Gasteiger partial charge is 0.0849 e. The first-order valence-electron chi connectivity index (χ1n) is 6.04. The molecule has 1 unspecified atom stereocenters. The fraction of sp³-hybridized carbons (Fsp3) is 0.500. The van der Waals surface area contributed by atoms with E-state index in [1.807, 2.05) is 39.0 Å². The maximum Gasteiger partial charge on any atom is 0.0849 e. The van der Waals surface area contributed by atoms with Gasteiger partial charge in [0.2, 0.25) is 0 Å². The fourth-order valence-corrected chi connectivity index (χ4v) is 1.61. The summed E-state index contributed by atoms with van der Waals surface area (Å²) in [4.78, 5) is 4.21. The molecule has 0 aliphatic rings. The van der Waals surface area contributed by atoms with Crippen LogP contribution >= 0.6 is 0 Å². The van der Waals surface area contributed by atoms with Crippen molar-refractivity contribution in [2.24, 2.45) is 5.92 Å². The van der Waals surface area contributed by atoms with Crippen LogP contribution < -0.4 is 0 Å². The van der Waals surface area contributed by atoms with Gasteiger partial charge in [-0.05, 0) is 30.5 Å². The van der Waals surface area contributed by atoms with Crippen molar-refractivity contribution in [3.05, 3.63) is 41.9 Å². The van der Waals surface area contributed by atoms with E-state index in [2.05, 4.69) is 4.98 Å². The zero-order chi connectivity index (χ0) is 12.7. The van der Waals surface area contributed by atoms with Crippen LogP contribution in [0.1, 0.15) is 26.5 Å². The molecule has 0 radical (unpaired) electrons. The average Bonchev–Trinajstić information content (AvgIpc) is 2.30. The van der Waals surface area contributed by atoms with E-state index >= 15 is 0 Å². The van der Waals surface area contributed by atoms with Crippen LogP contribution in [0, 0.1) is 5.92 Å². The Morgan fingerprint density at radius 1 is 1.47 bits per heavy atom. The summed E-state index contributed by atoms with van der Waals surface area (Å²) >= 11 is 0. The summed E-state index contributed by atoms with van der Waals surface area (Å²) in [5, 5.41) is 10.2. The minimum Gasteiger partial charge on any atom is -0.501 e. The lowest BCUT2D eigenvalue weighted by atomic mass is 9.96. The lowest BCUT2D eigenvalue weighted by Crippen LogP contribution is -2.18. The van der Waals surface area contributed by atoms with Crippen LogP contribution in [0.5, 0.6) is 0 Å². The monoisotopic (exact) mass is 235 g/mol. The first kappa shape index (κ1) is 13.7. The summed E-state index contributed by atoms with van der Waals surface area (Å²) < 4.78 is 5.27. The maximum atomic E-state index is 10.2. The number of hydrogen-bond donors (Lipinski definition) is 1. The first-order valence-corrected chi connectivity index (χ1v) is 6.04. The third-order valence-electron chi connectivity index (χ3n) is 2.57. The van der Waals surface area contributed by atoms with E-state index in [0.717, 1.165) is 11.3 Å². The van der Waals surface area contributed by atoms with Crippen molar-refractivity contribution < 1.29 is 9.84 Å². The van der Waals surface area contributed by atoms with Crippen molar-refractivity contribution >= 4 is 0 Å². The number of ether oxygens (including phenoxy) is 1. The molecule has 1 atom stereocenters. The summed E-state index contributed by atoms with van der Waals surface area (Å²) in [6.45, 7) is 6.64. The number of hydrogen-bond acceptors (Lipinski definition) is 3. The van der Waals surface area contributed by atoms with Gasteiger partial charge in [0, 0.05) is 18.3 Å². The number of aromatic nitrogens is 1. The third kappa shape index (κ3) is 4.57. The van der Waals surface area contributed by atoms with Crippen LogP contribution in [0.3, 0.4) is 0 Å². The largest absolute Gasteiger partial charge is 0.501 e. The lowest BCUT2D eigenvalue weighted by Gasteiger charge is -2.17. The molecule has 0 aliphatic carbocycles. The Morgan fingerprint density at radius 2 is 2.24 bits per heavy atom. The van der Waals surface area contributed by atoms with Crippen LogP contribution in [0.2, 0.25) is 0 Å². The van der Waals surface area contributed by atoms with E-state index in [4.69, 9.17) is 4.74 Å². The van der Waals surface area contributed by atoms with Crippen LogP contribution in [0.25, 0.3) is 0 Å². The summed E-state index contributed by atoms with van der Waals surface area (Å²) in [5.41, 5.74) is 1.81. The molecule has 0 amide bonds. The molecule has 3 heteroatoms. The molecule has 17 heavy (non-hydrogen) atoms. The highest BCUT2D eigenvalue weighted by Crippen LogP contribution is 2.17. The molecule has 1 N–H and O–H groups in total. The van der Waals surface area contributed by atoms with Crippen LogP contribution in [0.4, 0.5) is 0 Å².